The van der Waals surface area contributed by atoms with Gasteiger partial charge in [-0.25, -0.2) is 4.52 Å². The third-order valence-electron chi connectivity index (χ3n) is 3.70. The molecule has 0 aliphatic carbocycles. The number of hydrogen-bond donors (Lipinski definition) is 1. The van der Waals surface area contributed by atoms with Gasteiger partial charge < -0.3 is 10.6 Å². The van der Waals surface area contributed by atoms with E-state index in [2.05, 4.69) is 21.9 Å². The van der Waals surface area contributed by atoms with Gasteiger partial charge in [-0.3, -0.25) is 0 Å². The molecule has 2 N–H and O–H groups in total. The molecule has 102 valence electrons. The van der Waals surface area contributed by atoms with Crippen LogP contribution < -0.4 is 10.6 Å². The number of nitrogens with zero attached hydrogens (tertiary/aromatic N) is 4. The zero-order chi connectivity index (χ0) is 13.4. The maximum absolute atomic E-state index is 6.09. The summed E-state index contributed by atoms with van der Waals surface area (Å²) < 4.78 is 1.73. The highest BCUT2D eigenvalue weighted by Gasteiger charge is 2.28. The lowest BCUT2D eigenvalue weighted by molar-refractivity contribution is 0.408. The average molecular weight is 280 g/mol. The van der Waals surface area contributed by atoms with Crippen molar-refractivity contribution in [1.82, 2.24) is 14.6 Å². The molecule has 2 aromatic heterocycles. The first-order chi connectivity index (χ1) is 9.15. The second kappa shape index (κ2) is 4.98. The van der Waals surface area contributed by atoms with Crippen molar-refractivity contribution < 1.29 is 0 Å². The van der Waals surface area contributed by atoms with Crippen LogP contribution in [0.25, 0.3) is 5.65 Å². The van der Waals surface area contributed by atoms with Crippen LogP contribution in [0.4, 0.5) is 5.95 Å². The van der Waals surface area contributed by atoms with Gasteiger partial charge >= 0.3 is 0 Å². The summed E-state index contributed by atoms with van der Waals surface area (Å²) in [4.78, 5) is 6.80. The Labute approximate surface area is 117 Å². The van der Waals surface area contributed by atoms with Crippen LogP contribution in [0.5, 0.6) is 0 Å². The normalized spacial score (nSPS) is 21.8. The number of anilines is 1. The minimum atomic E-state index is 0.121. The number of halogens is 1. The molecule has 1 aliphatic rings. The smallest absolute Gasteiger partial charge is 0.245 e. The fourth-order valence-electron chi connectivity index (χ4n) is 2.72. The van der Waals surface area contributed by atoms with Gasteiger partial charge in [-0.05, 0) is 38.3 Å². The van der Waals surface area contributed by atoms with Crippen LogP contribution in [0.15, 0.2) is 18.3 Å². The lowest BCUT2D eigenvalue weighted by atomic mass is 9.97. The molecule has 0 saturated carbocycles. The van der Waals surface area contributed by atoms with Crippen molar-refractivity contribution >= 4 is 23.2 Å². The number of aromatic nitrogens is 3. The summed E-state index contributed by atoms with van der Waals surface area (Å²) in [7, 11) is 0. The molecule has 1 saturated heterocycles. The molecule has 0 amide bonds. The summed E-state index contributed by atoms with van der Waals surface area (Å²) in [6, 6.07) is 4.15. The van der Waals surface area contributed by atoms with Gasteiger partial charge in [-0.15, -0.1) is 5.10 Å². The molecule has 0 spiro atoms. The minimum Gasteiger partial charge on any atom is -0.335 e. The molecular weight excluding hydrogens is 262 g/mol. The number of piperidine rings is 1. The maximum Gasteiger partial charge on any atom is 0.245 e. The van der Waals surface area contributed by atoms with E-state index in [1.165, 1.54) is 12.8 Å². The van der Waals surface area contributed by atoms with Crippen LogP contribution in [0.2, 0.25) is 5.02 Å². The lowest BCUT2D eigenvalue weighted by Gasteiger charge is -2.37. The second-order valence-electron chi connectivity index (χ2n) is 5.18. The number of hydrogen-bond acceptors (Lipinski definition) is 4. The van der Waals surface area contributed by atoms with E-state index in [0.29, 0.717) is 11.1 Å². The first-order valence-corrected chi connectivity index (χ1v) is 7.07. The van der Waals surface area contributed by atoms with E-state index in [4.69, 9.17) is 17.3 Å². The van der Waals surface area contributed by atoms with Gasteiger partial charge in [0.2, 0.25) is 5.95 Å². The summed E-state index contributed by atoms with van der Waals surface area (Å²) in [6.07, 6.45) is 5.27. The maximum atomic E-state index is 6.09. The van der Waals surface area contributed by atoms with E-state index in [1.54, 1.807) is 10.7 Å². The van der Waals surface area contributed by atoms with Gasteiger partial charge in [-0.2, -0.15) is 4.98 Å². The highest BCUT2D eigenvalue weighted by atomic mass is 35.5. The van der Waals surface area contributed by atoms with Gasteiger partial charge in [0.1, 0.15) is 0 Å². The number of fused-ring (bicyclic) bond motifs is 1. The summed E-state index contributed by atoms with van der Waals surface area (Å²) in [5, 5.41) is 5.18. The van der Waals surface area contributed by atoms with Gasteiger partial charge in [0.05, 0.1) is 5.02 Å². The molecule has 19 heavy (non-hydrogen) atoms. The highest BCUT2D eigenvalue weighted by molar-refractivity contribution is 6.30. The second-order valence-corrected chi connectivity index (χ2v) is 5.61. The van der Waals surface area contributed by atoms with Crippen LogP contribution in [0.3, 0.4) is 0 Å². The van der Waals surface area contributed by atoms with Crippen LogP contribution in [0, 0.1) is 0 Å². The molecule has 5 nitrogen and oxygen atoms in total. The molecule has 2 aromatic rings. The van der Waals surface area contributed by atoms with Crippen molar-refractivity contribution in [2.75, 3.05) is 11.4 Å². The molecule has 2 atom stereocenters. The summed E-state index contributed by atoms with van der Waals surface area (Å²) in [5.74, 6) is 0.754. The monoisotopic (exact) mass is 279 g/mol. The minimum absolute atomic E-state index is 0.121. The Balaban J connectivity index is 1.97. The Hall–Kier alpha value is -1.33. The molecular formula is C13H18ClN5. The Morgan fingerprint density at radius 1 is 1.42 bits per heavy atom. The summed E-state index contributed by atoms with van der Waals surface area (Å²) in [5.41, 5.74) is 6.90. The van der Waals surface area contributed by atoms with Gasteiger partial charge in [0, 0.05) is 24.8 Å². The van der Waals surface area contributed by atoms with E-state index in [9.17, 15) is 0 Å². The SMILES string of the molecule is CC(N)C1CCCCN1c1nc2ccc(Cl)cn2n1. The van der Waals surface area contributed by atoms with E-state index in [1.807, 2.05) is 12.1 Å². The van der Waals surface area contributed by atoms with Crippen molar-refractivity contribution in [3.63, 3.8) is 0 Å². The third-order valence-corrected chi connectivity index (χ3v) is 3.92. The summed E-state index contributed by atoms with van der Waals surface area (Å²) >= 11 is 5.97. The van der Waals surface area contributed by atoms with Crippen molar-refractivity contribution in [1.29, 1.82) is 0 Å². The molecule has 1 fully saturated rings. The highest BCUT2D eigenvalue weighted by Crippen LogP contribution is 2.24. The van der Waals surface area contributed by atoms with Crippen LogP contribution >= 0.6 is 11.6 Å². The Morgan fingerprint density at radius 2 is 2.26 bits per heavy atom. The van der Waals surface area contributed by atoms with Crippen molar-refractivity contribution in [3.8, 4) is 0 Å². The van der Waals surface area contributed by atoms with Crippen molar-refractivity contribution in [2.24, 2.45) is 5.73 Å². The number of nitrogens with two attached hydrogens (primary N) is 1. The van der Waals surface area contributed by atoms with E-state index >= 15 is 0 Å². The predicted molar refractivity (Wildman–Crippen MR) is 76.6 cm³/mol. The Kier molecular flexibility index (Phi) is 3.33. The van der Waals surface area contributed by atoms with Crippen LogP contribution in [-0.4, -0.2) is 33.2 Å². The molecule has 1 aliphatic heterocycles. The topological polar surface area (TPSA) is 59.5 Å². The zero-order valence-corrected chi connectivity index (χ0v) is 11.7. The zero-order valence-electron chi connectivity index (χ0n) is 11.0. The predicted octanol–water partition coefficient (Wildman–Crippen LogP) is 2.09. The molecule has 0 bridgehead atoms. The number of rotatable bonds is 2. The molecule has 3 rings (SSSR count). The fourth-order valence-corrected chi connectivity index (χ4v) is 2.88. The van der Waals surface area contributed by atoms with Gasteiger partial charge in [-0.1, -0.05) is 11.6 Å². The lowest BCUT2D eigenvalue weighted by Crippen LogP contribution is -2.49. The van der Waals surface area contributed by atoms with Crippen molar-refractivity contribution in [3.05, 3.63) is 23.4 Å². The van der Waals surface area contributed by atoms with Gasteiger partial charge in [0.15, 0.2) is 5.65 Å². The largest absolute Gasteiger partial charge is 0.335 e. The standard InChI is InChI=1S/C13H18ClN5/c1-9(15)11-4-2-3-7-18(11)13-16-12-6-5-10(14)8-19(12)17-13/h5-6,8-9,11H,2-4,7,15H2,1H3. The Morgan fingerprint density at radius 3 is 3.05 bits per heavy atom. The van der Waals surface area contributed by atoms with E-state index in [0.717, 1.165) is 24.6 Å². The fraction of sp³-hybridized carbons (Fsp3) is 0.538. The quantitative estimate of drug-likeness (QED) is 0.914. The molecule has 3 heterocycles. The third kappa shape index (κ3) is 2.40. The Bertz CT molecular complexity index is 579. The first-order valence-electron chi connectivity index (χ1n) is 6.69. The van der Waals surface area contributed by atoms with Crippen LogP contribution in [-0.2, 0) is 0 Å². The average Bonchev–Trinajstić information content (AvgIpc) is 2.81. The van der Waals surface area contributed by atoms with E-state index in [-0.39, 0.29) is 6.04 Å². The molecule has 2 unspecified atom stereocenters. The van der Waals surface area contributed by atoms with E-state index < -0.39 is 0 Å². The van der Waals surface area contributed by atoms with Crippen molar-refractivity contribution in [2.45, 2.75) is 38.3 Å². The van der Waals surface area contributed by atoms with Gasteiger partial charge in [0.25, 0.3) is 0 Å². The molecule has 6 heteroatoms. The molecule has 0 aromatic carbocycles. The van der Waals surface area contributed by atoms with Crippen LogP contribution in [0.1, 0.15) is 26.2 Å². The number of pyridine rings is 1. The summed E-state index contributed by atoms with van der Waals surface area (Å²) in [6.45, 7) is 3.02. The molecule has 0 radical (unpaired) electrons. The first kappa shape index (κ1) is 12.7.